The number of carbonyl (C=O) groups is 1. The topological polar surface area (TPSA) is 95.2 Å². The molecule has 1 aliphatic heterocycles. The van der Waals surface area contributed by atoms with Gasteiger partial charge in [-0.05, 0) is 25.8 Å². The van der Waals surface area contributed by atoms with Gasteiger partial charge in [-0.2, -0.15) is 9.82 Å². The van der Waals surface area contributed by atoms with Crippen molar-refractivity contribution in [1.82, 2.24) is 19.8 Å². The number of H-pyrrole nitrogens is 1. The van der Waals surface area contributed by atoms with Crippen molar-refractivity contribution in [2.45, 2.75) is 30.8 Å². The molecule has 0 bridgehead atoms. The lowest BCUT2D eigenvalue weighted by molar-refractivity contribution is -0.131. The molecule has 2 heterocycles. The molecule has 1 aliphatic rings. The third-order valence-corrected chi connectivity index (χ3v) is 4.36. The molecule has 2 rings (SSSR count). The fourth-order valence-corrected chi connectivity index (χ4v) is 3.06. The maximum absolute atomic E-state index is 12.0. The zero-order chi connectivity index (χ0) is 13.2. The number of hydrogen-bond acceptors (Lipinski definition) is 4. The highest BCUT2D eigenvalue weighted by molar-refractivity contribution is 7.89. The van der Waals surface area contributed by atoms with Crippen LogP contribution in [0.15, 0.2) is 17.3 Å². The molecular weight excluding hydrogens is 256 g/mol. The molecule has 1 saturated heterocycles. The molecule has 0 spiro atoms. The van der Waals surface area contributed by atoms with E-state index in [0.717, 1.165) is 12.8 Å². The first-order valence-corrected chi connectivity index (χ1v) is 7.29. The number of amides is 1. The molecule has 0 aliphatic carbocycles. The van der Waals surface area contributed by atoms with Crippen molar-refractivity contribution in [1.29, 1.82) is 0 Å². The van der Waals surface area contributed by atoms with Crippen LogP contribution in [0.5, 0.6) is 0 Å². The number of aromatic amines is 1. The first kappa shape index (κ1) is 13.0. The van der Waals surface area contributed by atoms with Crippen LogP contribution in [-0.2, 0) is 14.8 Å². The van der Waals surface area contributed by atoms with Crippen LogP contribution in [0.25, 0.3) is 0 Å². The Morgan fingerprint density at radius 1 is 1.50 bits per heavy atom. The van der Waals surface area contributed by atoms with E-state index in [1.165, 1.54) is 12.3 Å². The van der Waals surface area contributed by atoms with E-state index >= 15 is 0 Å². The number of sulfonamides is 1. The summed E-state index contributed by atoms with van der Waals surface area (Å²) in [5.41, 5.74) is 0. The lowest BCUT2D eigenvalue weighted by Crippen LogP contribution is -2.45. The van der Waals surface area contributed by atoms with Crippen molar-refractivity contribution >= 4 is 15.9 Å². The fourth-order valence-electron chi connectivity index (χ4n) is 1.95. The quantitative estimate of drug-likeness (QED) is 0.786. The Hall–Kier alpha value is -1.41. The van der Waals surface area contributed by atoms with Crippen LogP contribution in [0.1, 0.15) is 19.8 Å². The smallest absolute Gasteiger partial charge is 0.258 e. The second-order valence-corrected chi connectivity index (χ2v) is 5.98. The van der Waals surface area contributed by atoms with Gasteiger partial charge in [0.1, 0.15) is 0 Å². The number of carbonyl (C=O) groups excluding carboxylic acids is 1. The van der Waals surface area contributed by atoms with Crippen molar-refractivity contribution in [3.05, 3.63) is 12.3 Å². The molecule has 0 aromatic carbocycles. The summed E-state index contributed by atoms with van der Waals surface area (Å²) in [6.45, 7) is 2.96. The van der Waals surface area contributed by atoms with Gasteiger partial charge in [-0.15, -0.1) is 0 Å². The van der Waals surface area contributed by atoms with Crippen molar-refractivity contribution in [2.75, 3.05) is 13.1 Å². The normalized spacial score (nSPS) is 17.9. The van der Waals surface area contributed by atoms with Crippen LogP contribution < -0.4 is 4.72 Å². The summed E-state index contributed by atoms with van der Waals surface area (Å²) in [5, 5.41) is 5.91. The van der Waals surface area contributed by atoms with Crippen LogP contribution in [0.2, 0.25) is 0 Å². The van der Waals surface area contributed by atoms with Crippen LogP contribution in [0.4, 0.5) is 0 Å². The van der Waals surface area contributed by atoms with E-state index in [9.17, 15) is 13.2 Å². The molecule has 0 radical (unpaired) electrons. The maximum Gasteiger partial charge on any atom is 0.258 e. The zero-order valence-corrected chi connectivity index (χ0v) is 10.9. The van der Waals surface area contributed by atoms with Gasteiger partial charge in [0.25, 0.3) is 10.0 Å². The Morgan fingerprint density at radius 3 is 2.72 bits per heavy atom. The molecule has 1 aromatic heterocycles. The molecule has 1 fully saturated rings. The lowest BCUT2D eigenvalue weighted by Gasteiger charge is -2.20. The number of nitrogens with one attached hydrogen (secondary N) is 2. The van der Waals surface area contributed by atoms with E-state index in [-0.39, 0.29) is 10.9 Å². The third kappa shape index (κ3) is 2.70. The number of nitrogens with zero attached hydrogens (tertiary/aromatic N) is 2. The van der Waals surface area contributed by atoms with E-state index in [4.69, 9.17) is 0 Å². The first-order chi connectivity index (χ1) is 8.50. The van der Waals surface area contributed by atoms with Crippen molar-refractivity contribution < 1.29 is 13.2 Å². The van der Waals surface area contributed by atoms with Gasteiger partial charge >= 0.3 is 0 Å². The van der Waals surface area contributed by atoms with E-state index in [2.05, 4.69) is 14.9 Å². The van der Waals surface area contributed by atoms with Crippen LogP contribution in [0.3, 0.4) is 0 Å². The Labute approximate surface area is 106 Å². The summed E-state index contributed by atoms with van der Waals surface area (Å²) in [5.74, 6) is -0.185. The average molecular weight is 272 g/mol. The molecule has 8 heteroatoms. The molecule has 1 aromatic rings. The minimum atomic E-state index is -3.71. The van der Waals surface area contributed by atoms with Gasteiger partial charge < -0.3 is 4.90 Å². The molecule has 1 unspecified atom stereocenters. The molecule has 100 valence electrons. The van der Waals surface area contributed by atoms with Gasteiger partial charge in [0.2, 0.25) is 5.91 Å². The van der Waals surface area contributed by atoms with Crippen LogP contribution in [-0.4, -0.2) is 48.6 Å². The Kier molecular flexibility index (Phi) is 3.67. The molecule has 18 heavy (non-hydrogen) atoms. The predicted molar refractivity (Wildman–Crippen MR) is 64.2 cm³/mol. The standard InChI is InChI=1S/C10H16N4O3S/c1-8(10(15)14-6-2-3-7-14)13-18(16,17)9-4-5-11-12-9/h4-5,8,13H,2-3,6-7H2,1H3,(H,11,12). The summed E-state index contributed by atoms with van der Waals surface area (Å²) < 4.78 is 26.1. The van der Waals surface area contributed by atoms with Gasteiger partial charge in [0.15, 0.2) is 5.03 Å². The average Bonchev–Trinajstić information content (AvgIpc) is 3.00. The Bertz CT molecular complexity index is 505. The molecule has 1 atom stereocenters. The maximum atomic E-state index is 12.0. The van der Waals surface area contributed by atoms with Gasteiger partial charge in [0, 0.05) is 13.1 Å². The number of hydrogen-bond donors (Lipinski definition) is 2. The molecule has 7 nitrogen and oxygen atoms in total. The van der Waals surface area contributed by atoms with Crippen molar-refractivity contribution in [2.24, 2.45) is 0 Å². The second-order valence-electron chi connectivity index (χ2n) is 4.30. The van der Waals surface area contributed by atoms with E-state index in [1.807, 2.05) is 0 Å². The van der Waals surface area contributed by atoms with Gasteiger partial charge in [0.05, 0.1) is 12.2 Å². The number of aromatic nitrogens is 2. The largest absolute Gasteiger partial charge is 0.341 e. The monoisotopic (exact) mass is 272 g/mol. The molecular formula is C10H16N4O3S. The Morgan fingerprint density at radius 2 is 2.17 bits per heavy atom. The molecule has 0 saturated carbocycles. The minimum absolute atomic E-state index is 0.0384. The second kappa shape index (κ2) is 5.07. The lowest BCUT2D eigenvalue weighted by atomic mass is 10.3. The predicted octanol–water partition coefficient (Wildman–Crippen LogP) is -0.301. The highest BCUT2D eigenvalue weighted by Crippen LogP contribution is 2.10. The fraction of sp³-hybridized carbons (Fsp3) is 0.600. The minimum Gasteiger partial charge on any atom is -0.341 e. The molecule has 2 N–H and O–H groups in total. The van der Waals surface area contributed by atoms with Crippen molar-refractivity contribution in [3.8, 4) is 0 Å². The zero-order valence-electron chi connectivity index (χ0n) is 10.1. The number of rotatable bonds is 4. The summed E-state index contributed by atoms with van der Waals surface area (Å²) in [6.07, 6.45) is 3.30. The van der Waals surface area contributed by atoms with Gasteiger partial charge in [-0.1, -0.05) is 0 Å². The summed E-state index contributed by atoms with van der Waals surface area (Å²) in [6, 6.07) is 0.575. The summed E-state index contributed by atoms with van der Waals surface area (Å²) in [7, 11) is -3.71. The molecule has 1 amide bonds. The highest BCUT2D eigenvalue weighted by atomic mass is 32.2. The van der Waals surface area contributed by atoms with Crippen molar-refractivity contribution in [3.63, 3.8) is 0 Å². The van der Waals surface area contributed by atoms with E-state index < -0.39 is 16.1 Å². The highest BCUT2D eigenvalue weighted by Gasteiger charge is 2.27. The van der Waals surface area contributed by atoms with E-state index in [1.54, 1.807) is 11.8 Å². The van der Waals surface area contributed by atoms with Crippen LogP contribution in [0, 0.1) is 0 Å². The van der Waals surface area contributed by atoms with Crippen LogP contribution >= 0.6 is 0 Å². The van der Waals surface area contributed by atoms with E-state index in [0.29, 0.717) is 13.1 Å². The summed E-state index contributed by atoms with van der Waals surface area (Å²) >= 11 is 0. The summed E-state index contributed by atoms with van der Waals surface area (Å²) in [4.78, 5) is 13.6. The first-order valence-electron chi connectivity index (χ1n) is 5.81. The SMILES string of the molecule is CC(NS(=O)(=O)c1ccn[nH]1)C(=O)N1CCCC1. The number of likely N-dealkylation sites (tertiary alicyclic amines) is 1. The third-order valence-electron chi connectivity index (χ3n) is 2.88. The van der Waals surface area contributed by atoms with Gasteiger partial charge in [-0.25, -0.2) is 8.42 Å². The van der Waals surface area contributed by atoms with Gasteiger partial charge in [-0.3, -0.25) is 9.89 Å². The Balaban J connectivity index is 2.02.